The van der Waals surface area contributed by atoms with Crippen LogP contribution in [0.4, 0.5) is 0 Å². The van der Waals surface area contributed by atoms with Crippen LogP contribution in [0.1, 0.15) is 22.6 Å². The number of nitrogens with one attached hydrogen (secondary N) is 1. The molecule has 2 aromatic rings. The number of fused-ring (bicyclic) bond motifs is 1. The van der Waals surface area contributed by atoms with Gasteiger partial charge in [0.1, 0.15) is 12.4 Å². The Morgan fingerprint density at radius 1 is 1.37 bits per heavy atom. The summed E-state index contributed by atoms with van der Waals surface area (Å²) in [7, 11) is 0. The molecule has 0 bridgehead atoms. The van der Waals surface area contributed by atoms with Crippen LogP contribution in [0, 0.1) is 6.92 Å². The molecule has 1 aromatic heterocycles. The molecule has 19 heavy (non-hydrogen) atoms. The molecule has 0 atom stereocenters. The van der Waals surface area contributed by atoms with Gasteiger partial charge in [0.2, 0.25) is 0 Å². The molecule has 98 valence electrons. The van der Waals surface area contributed by atoms with E-state index in [0.29, 0.717) is 6.61 Å². The molecule has 3 rings (SSSR count). The van der Waals surface area contributed by atoms with Crippen molar-refractivity contribution in [3.8, 4) is 5.75 Å². The topological polar surface area (TPSA) is 47.0 Å². The van der Waals surface area contributed by atoms with E-state index in [9.17, 15) is 0 Å². The average Bonchev–Trinajstić information content (AvgIpc) is 2.45. The van der Waals surface area contributed by atoms with Gasteiger partial charge in [0.15, 0.2) is 5.82 Å². The van der Waals surface area contributed by atoms with Crippen molar-refractivity contribution in [2.75, 3.05) is 6.54 Å². The van der Waals surface area contributed by atoms with Gasteiger partial charge in [0.25, 0.3) is 0 Å². The van der Waals surface area contributed by atoms with Crippen molar-refractivity contribution >= 4 is 0 Å². The van der Waals surface area contributed by atoms with Gasteiger partial charge in [-0.1, -0.05) is 12.1 Å². The van der Waals surface area contributed by atoms with E-state index in [0.717, 1.165) is 36.8 Å². The lowest BCUT2D eigenvalue weighted by Gasteiger charge is -2.16. The van der Waals surface area contributed by atoms with Crippen molar-refractivity contribution in [2.45, 2.75) is 26.5 Å². The van der Waals surface area contributed by atoms with Crippen LogP contribution >= 0.6 is 0 Å². The third kappa shape index (κ3) is 2.90. The second-order valence-corrected chi connectivity index (χ2v) is 4.79. The van der Waals surface area contributed by atoms with Gasteiger partial charge in [0.05, 0.1) is 0 Å². The summed E-state index contributed by atoms with van der Waals surface area (Å²) in [5.41, 5.74) is 3.54. The summed E-state index contributed by atoms with van der Waals surface area (Å²) >= 11 is 0. The Balaban J connectivity index is 1.70. The molecule has 1 N–H and O–H groups in total. The minimum Gasteiger partial charge on any atom is -0.486 e. The summed E-state index contributed by atoms with van der Waals surface area (Å²) in [5, 5.41) is 3.31. The van der Waals surface area contributed by atoms with E-state index < -0.39 is 0 Å². The van der Waals surface area contributed by atoms with Gasteiger partial charge >= 0.3 is 0 Å². The summed E-state index contributed by atoms with van der Waals surface area (Å²) in [6, 6.07) is 8.01. The Morgan fingerprint density at radius 2 is 2.32 bits per heavy atom. The van der Waals surface area contributed by atoms with E-state index in [-0.39, 0.29) is 0 Å². The Labute approximate surface area is 112 Å². The maximum atomic E-state index is 5.72. The minimum atomic E-state index is 0.421. The van der Waals surface area contributed by atoms with Gasteiger partial charge in [-0.2, -0.15) is 0 Å². The molecule has 0 saturated carbocycles. The number of aryl methyl sites for hydroxylation is 1. The van der Waals surface area contributed by atoms with Crippen molar-refractivity contribution < 1.29 is 4.74 Å². The molecule has 1 aliphatic rings. The number of aromatic nitrogens is 2. The first-order valence-electron chi connectivity index (χ1n) is 6.55. The lowest BCUT2D eigenvalue weighted by atomic mass is 10.1. The molecule has 2 heterocycles. The fourth-order valence-corrected chi connectivity index (χ4v) is 2.20. The van der Waals surface area contributed by atoms with Crippen LogP contribution < -0.4 is 10.1 Å². The zero-order chi connectivity index (χ0) is 13.1. The van der Waals surface area contributed by atoms with Gasteiger partial charge < -0.3 is 10.1 Å². The molecule has 0 saturated heterocycles. The van der Waals surface area contributed by atoms with E-state index >= 15 is 0 Å². The van der Waals surface area contributed by atoms with Crippen LogP contribution in [0.25, 0.3) is 0 Å². The van der Waals surface area contributed by atoms with Crippen LogP contribution in [-0.4, -0.2) is 16.5 Å². The average molecular weight is 255 g/mol. The SMILES string of the molecule is Cc1cccc(OCc2ncc3c(n2)CCNC3)c1. The highest BCUT2D eigenvalue weighted by atomic mass is 16.5. The lowest BCUT2D eigenvalue weighted by Crippen LogP contribution is -2.25. The van der Waals surface area contributed by atoms with Crippen molar-refractivity contribution in [3.63, 3.8) is 0 Å². The van der Waals surface area contributed by atoms with E-state index in [1.165, 1.54) is 11.1 Å². The third-order valence-corrected chi connectivity index (χ3v) is 3.22. The van der Waals surface area contributed by atoms with E-state index in [1.807, 2.05) is 24.4 Å². The summed E-state index contributed by atoms with van der Waals surface area (Å²) in [6.45, 7) is 4.33. The number of nitrogens with zero attached hydrogens (tertiary/aromatic N) is 2. The number of benzene rings is 1. The van der Waals surface area contributed by atoms with Crippen LogP contribution in [0.5, 0.6) is 5.75 Å². The molecule has 4 nitrogen and oxygen atoms in total. The Morgan fingerprint density at radius 3 is 3.21 bits per heavy atom. The van der Waals surface area contributed by atoms with Gasteiger partial charge in [-0.3, -0.25) is 0 Å². The number of ether oxygens (including phenoxy) is 1. The van der Waals surface area contributed by atoms with Gasteiger partial charge in [-0.25, -0.2) is 9.97 Å². The number of hydrogen-bond acceptors (Lipinski definition) is 4. The van der Waals surface area contributed by atoms with Crippen molar-refractivity contribution in [1.82, 2.24) is 15.3 Å². The fraction of sp³-hybridized carbons (Fsp3) is 0.333. The second-order valence-electron chi connectivity index (χ2n) is 4.79. The maximum Gasteiger partial charge on any atom is 0.166 e. The van der Waals surface area contributed by atoms with E-state index in [2.05, 4.69) is 28.3 Å². The molecule has 0 aliphatic carbocycles. The van der Waals surface area contributed by atoms with Gasteiger partial charge in [0, 0.05) is 37.0 Å². The van der Waals surface area contributed by atoms with Gasteiger partial charge in [-0.15, -0.1) is 0 Å². The normalized spacial score (nSPS) is 13.9. The summed E-state index contributed by atoms with van der Waals surface area (Å²) in [4.78, 5) is 8.93. The maximum absolute atomic E-state index is 5.72. The van der Waals surface area contributed by atoms with Crippen molar-refractivity contribution in [3.05, 3.63) is 53.1 Å². The summed E-state index contributed by atoms with van der Waals surface area (Å²) in [6.07, 6.45) is 2.87. The molecule has 0 amide bonds. The number of hydrogen-bond donors (Lipinski definition) is 1. The molecule has 0 spiro atoms. The first kappa shape index (κ1) is 12.1. The van der Waals surface area contributed by atoms with E-state index in [1.54, 1.807) is 0 Å². The Hall–Kier alpha value is -1.94. The molecule has 1 aromatic carbocycles. The first-order valence-corrected chi connectivity index (χ1v) is 6.55. The zero-order valence-corrected chi connectivity index (χ0v) is 11.0. The standard InChI is InChI=1S/C15H17N3O/c1-11-3-2-4-13(7-11)19-10-15-17-9-12-8-16-6-5-14(12)18-15/h2-4,7,9,16H,5-6,8,10H2,1H3. The molecule has 0 unspecified atom stereocenters. The molecular weight excluding hydrogens is 238 g/mol. The van der Waals surface area contributed by atoms with Crippen molar-refractivity contribution in [2.24, 2.45) is 0 Å². The lowest BCUT2D eigenvalue weighted by molar-refractivity contribution is 0.294. The van der Waals surface area contributed by atoms with Crippen LogP contribution in [0.15, 0.2) is 30.5 Å². The van der Waals surface area contributed by atoms with Gasteiger partial charge in [-0.05, 0) is 24.6 Å². The fourth-order valence-electron chi connectivity index (χ4n) is 2.20. The first-order chi connectivity index (χ1) is 9.31. The quantitative estimate of drug-likeness (QED) is 0.911. The highest BCUT2D eigenvalue weighted by molar-refractivity contribution is 5.27. The molecule has 0 fully saturated rings. The third-order valence-electron chi connectivity index (χ3n) is 3.22. The zero-order valence-electron chi connectivity index (χ0n) is 11.0. The minimum absolute atomic E-state index is 0.421. The Bertz CT molecular complexity index is 583. The molecular formula is C15H17N3O. The number of rotatable bonds is 3. The van der Waals surface area contributed by atoms with Crippen LogP contribution in [0.3, 0.4) is 0 Å². The predicted octanol–water partition coefficient (Wildman–Crippen LogP) is 2.01. The highest BCUT2D eigenvalue weighted by Crippen LogP contribution is 2.15. The highest BCUT2D eigenvalue weighted by Gasteiger charge is 2.11. The smallest absolute Gasteiger partial charge is 0.166 e. The summed E-state index contributed by atoms with van der Waals surface area (Å²) < 4.78 is 5.72. The van der Waals surface area contributed by atoms with Crippen LogP contribution in [-0.2, 0) is 19.6 Å². The van der Waals surface area contributed by atoms with Crippen molar-refractivity contribution in [1.29, 1.82) is 0 Å². The Kier molecular flexibility index (Phi) is 3.42. The van der Waals surface area contributed by atoms with E-state index in [4.69, 9.17) is 4.74 Å². The monoisotopic (exact) mass is 255 g/mol. The summed E-state index contributed by atoms with van der Waals surface area (Å²) in [5.74, 6) is 1.62. The second kappa shape index (κ2) is 5.36. The van der Waals surface area contributed by atoms with Crippen LogP contribution in [0.2, 0.25) is 0 Å². The largest absolute Gasteiger partial charge is 0.486 e. The molecule has 1 aliphatic heterocycles. The molecule has 0 radical (unpaired) electrons. The predicted molar refractivity (Wildman–Crippen MR) is 73.0 cm³/mol. The molecule has 4 heteroatoms.